The van der Waals surface area contributed by atoms with E-state index in [1.807, 2.05) is 25.3 Å². The van der Waals surface area contributed by atoms with Crippen LogP contribution in [0.3, 0.4) is 0 Å². The van der Waals surface area contributed by atoms with Gasteiger partial charge in [-0.2, -0.15) is 15.0 Å². The van der Waals surface area contributed by atoms with Gasteiger partial charge in [-0.05, 0) is 35.8 Å². The van der Waals surface area contributed by atoms with E-state index in [0.29, 0.717) is 12.5 Å². The quantitative estimate of drug-likeness (QED) is 0.538. The number of rotatable bonds is 6. The van der Waals surface area contributed by atoms with Crippen LogP contribution in [0.25, 0.3) is 0 Å². The molecule has 0 amide bonds. The summed E-state index contributed by atoms with van der Waals surface area (Å²) >= 11 is 5.06. The molecule has 0 aliphatic heterocycles. The largest absolute Gasteiger partial charge is 0.461 e. The molecule has 0 aromatic carbocycles. The Morgan fingerprint density at radius 1 is 1.35 bits per heavy atom. The predicted octanol–water partition coefficient (Wildman–Crippen LogP) is 2.38. The Hall–Kier alpha value is -1.45. The summed E-state index contributed by atoms with van der Waals surface area (Å²) in [5.74, 6) is 6.00. The third-order valence-electron chi connectivity index (χ3n) is 2.13. The molecule has 0 saturated carbocycles. The van der Waals surface area contributed by atoms with E-state index < -0.39 is 0 Å². The Balaban J connectivity index is 2.09. The average Bonchev–Trinajstić information content (AvgIpc) is 2.81. The van der Waals surface area contributed by atoms with Crippen molar-refractivity contribution in [3.05, 3.63) is 20.8 Å². The number of nitrogen functional groups attached to an aromatic ring is 1. The van der Waals surface area contributed by atoms with Gasteiger partial charge >= 0.3 is 6.01 Å². The Bertz CT molecular complexity index is 576. The van der Waals surface area contributed by atoms with Gasteiger partial charge in [0.25, 0.3) is 0 Å². The zero-order valence-corrected chi connectivity index (χ0v) is 13.5. The minimum atomic E-state index is -0.0240. The van der Waals surface area contributed by atoms with E-state index in [2.05, 4.69) is 41.6 Å². The molecule has 2 rings (SSSR count). The Morgan fingerprint density at radius 2 is 2.10 bits per heavy atom. The molecule has 0 bridgehead atoms. The molecule has 9 heteroatoms. The van der Waals surface area contributed by atoms with Crippen molar-refractivity contribution in [2.24, 2.45) is 5.84 Å². The summed E-state index contributed by atoms with van der Waals surface area (Å²) in [6, 6.07) is 2.27. The third kappa shape index (κ3) is 4.29. The molecule has 0 spiro atoms. The van der Waals surface area contributed by atoms with Crippen molar-refractivity contribution >= 4 is 39.2 Å². The molecule has 7 nitrogen and oxygen atoms in total. The monoisotopic (exact) mass is 358 g/mol. The lowest BCUT2D eigenvalue weighted by Crippen LogP contribution is -2.16. The highest BCUT2D eigenvalue weighted by atomic mass is 79.9. The van der Waals surface area contributed by atoms with Crippen LogP contribution >= 0.6 is 27.3 Å². The van der Waals surface area contributed by atoms with Crippen molar-refractivity contribution in [3.8, 4) is 6.01 Å². The van der Waals surface area contributed by atoms with E-state index in [0.717, 1.165) is 9.35 Å². The fraction of sp³-hybridized carbons (Fsp3) is 0.364. The van der Waals surface area contributed by atoms with Gasteiger partial charge in [0.15, 0.2) is 0 Å². The van der Waals surface area contributed by atoms with E-state index in [4.69, 9.17) is 10.6 Å². The minimum absolute atomic E-state index is 0.0240. The van der Waals surface area contributed by atoms with Crippen LogP contribution in [-0.2, 0) is 6.54 Å². The lowest BCUT2D eigenvalue weighted by atomic mass is 10.5. The summed E-state index contributed by atoms with van der Waals surface area (Å²) < 4.78 is 6.51. The maximum atomic E-state index is 5.45. The van der Waals surface area contributed by atoms with Gasteiger partial charge in [-0.1, -0.05) is 0 Å². The number of ether oxygens (including phenoxy) is 1. The molecular formula is C11H15BrN6OS. The number of nitrogens with one attached hydrogen (secondary N) is 2. The van der Waals surface area contributed by atoms with Crippen LogP contribution < -0.4 is 21.3 Å². The maximum Gasteiger partial charge on any atom is 0.323 e. The fourth-order valence-corrected chi connectivity index (χ4v) is 2.77. The van der Waals surface area contributed by atoms with Crippen molar-refractivity contribution in [1.82, 2.24) is 15.0 Å². The Morgan fingerprint density at radius 3 is 2.70 bits per heavy atom. The third-order valence-corrected chi connectivity index (χ3v) is 3.83. The summed E-state index contributed by atoms with van der Waals surface area (Å²) in [4.78, 5) is 13.5. The molecule has 0 radical (unpaired) electrons. The zero-order chi connectivity index (χ0) is 14.5. The fourth-order valence-electron chi connectivity index (χ4n) is 1.38. The van der Waals surface area contributed by atoms with Crippen molar-refractivity contribution < 1.29 is 4.74 Å². The first kappa shape index (κ1) is 14.9. The lowest BCUT2D eigenvalue weighted by molar-refractivity contribution is 0.222. The van der Waals surface area contributed by atoms with Crippen LogP contribution in [0.5, 0.6) is 6.01 Å². The molecule has 108 valence electrons. The van der Waals surface area contributed by atoms with Crippen molar-refractivity contribution in [2.45, 2.75) is 26.5 Å². The number of hydrogen-bond acceptors (Lipinski definition) is 8. The number of hydrazine groups is 1. The smallest absolute Gasteiger partial charge is 0.323 e. The minimum Gasteiger partial charge on any atom is -0.461 e. The van der Waals surface area contributed by atoms with Gasteiger partial charge in [0.2, 0.25) is 11.9 Å². The normalized spacial score (nSPS) is 10.7. The second kappa shape index (κ2) is 6.82. The van der Waals surface area contributed by atoms with Gasteiger partial charge in [0.05, 0.1) is 12.6 Å². The molecule has 2 aromatic rings. The van der Waals surface area contributed by atoms with Crippen LogP contribution in [0, 0.1) is 0 Å². The molecule has 2 heterocycles. The number of nitrogens with two attached hydrogens (primary N) is 1. The Kier molecular flexibility index (Phi) is 5.10. The van der Waals surface area contributed by atoms with E-state index >= 15 is 0 Å². The number of thiophene rings is 1. The Labute approximate surface area is 129 Å². The SMILES string of the molecule is CC(C)Oc1nc(NN)nc(NCc2cc(Br)cs2)n1. The number of anilines is 2. The zero-order valence-electron chi connectivity index (χ0n) is 11.1. The van der Waals surface area contributed by atoms with Gasteiger partial charge in [0, 0.05) is 14.7 Å². The first-order valence-corrected chi connectivity index (χ1v) is 7.60. The molecule has 4 N–H and O–H groups in total. The first-order chi connectivity index (χ1) is 9.56. The lowest BCUT2D eigenvalue weighted by Gasteiger charge is -2.10. The summed E-state index contributed by atoms with van der Waals surface area (Å²) in [6.45, 7) is 4.41. The summed E-state index contributed by atoms with van der Waals surface area (Å²) in [7, 11) is 0. The summed E-state index contributed by atoms with van der Waals surface area (Å²) in [5.41, 5.74) is 2.40. The van der Waals surface area contributed by atoms with Crippen molar-refractivity contribution in [3.63, 3.8) is 0 Å². The molecular weight excluding hydrogens is 344 g/mol. The second-order valence-corrected chi connectivity index (χ2v) is 6.07. The highest BCUT2D eigenvalue weighted by Gasteiger charge is 2.08. The molecule has 0 fully saturated rings. The number of aromatic nitrogens is 3. The molecule has 0 aliphatic rings. The first-order valence-electron chi connectivity index (χ1n) is 5.93. The van der Waals surface area contributed by atoms with E-state index in [9.17, 15) is 0 Å². The van der Waals surface area contributed by atoms with Crippen molar-refractivity contribution in [2.75, 3.05) is 10.7 Å². The topological polar surface area (TPSA) is 98.0 Å². The van der Waals surface area contributed by atoms with Crippen molar-refractivity contribution in [1.29, 1.82) is 0 Å². The van der Waals surface area contributed by atoms with Gasteiger partial charge in [-0.15, -0.1) is 11.3 Å². The van der Waals surface area contributed by atoms with Gasteiger partial charge in [-0.25, -0.2) is 5.84 Å². The second-order valence-electron chi connectivity index (χ2n) is 4.16. The highest BCUT2D eigenvalue weighted by Crippen LogP contribution is 2.20. The molecule has 0 saturated heterocycles. The average molecular weight is 359 g/mol. The van der Waals surface area contributed by atoms with Crippen LogP contribution in [0.4, 0.5) is 11.9 Å². The molecule has 0 atom stereocenters. The van der Waals surface area contributed by atoms with E-state index in [1.165, 1.54) is 0 Å². The molecule has 0 unspecified atom stereocenters. The number of hydrogen-bond donors (Lipinski definition) is 3. The van der Waals surface area contributed by atoms with E-state index in [1.54, 1.807) is 11.3 Å². The van der Waals surface area contributed by atoms with Crippen LogP contribution in [0.15, 0.2) is 15.9 Å². The van der Waals surface area contributed by atoms with Crippen LogP contribution in [0.1, 0.15) is 18.7 Å². The summed E-state index contributed by atoms with van der Waals surface area (Å²) in [6.07, 6.45) is -0.0240. The number of nitrogens with zero attached hydrogens (tertiary/aromatic N) is 3. The standard InChI is InChI=1S/C11H15BrN6OS/c1-6(2)19-11-16-9(15-10(17-11)18-13)14-4-8-3-7(12)5-20-8/h3,5-6H,4,13H2,1-2H3,(H2,14,15,16,17,18). The van der Waals surface area contributed by atoms with Gasteiger partial charge in [-0.3, -0.25) is 5.43 Å². The molecule has 20 heavy (non-hydrogen) atoms. The highest BCUT2D eigenvalue weighted by molar-refractivity contribution is 9.10. The number of halogens is 1. The predicted molar refractivity (Wildman–Crippen MR) is 82.7 cm³/mol. The van der Waals surface area contributed by atoms with Gasteiger partial charge in [0.1, 0.15) is 0 Å². The molecule has 2 aromatic heterocycles. The van der Waals surface area contributed by atoms with E-state index in [-0.39, 0.29) is 18.1 Å². The maximum absolute atomic E-state index is 5.45. The van der Waals surface area contributed by atoms with Crippen LogP contribution in [0.2, 0.25) is 0 Å². The molecule has 0 aliphatic carbocycles. The summed E-state index contributed by atoms with van der Waals surface area (Å²) in [5, 5.41) is 5.13. The van der Waals surface area contributed by atoms with Gasteiger partial charge < -0.3 is 10.1 Å². The van der Waals surface area contributed by atoms with Crippen LogP contribution in [-0.4, -0.2) is 21.1 Å².